The summed E-state index contributed by atoms with van der Waals surface area (Å²) in [7, 11) is 3.29. The number of aromatic amines is 1. The SMILES string of the molecule is COc1ccc(-c2[nH]ncc2CN2CCC[C@@H]2c2cc(C(C)C)on2)cc1OC. The number of H-pyrrole nitrogens is 1. The lowest BCUT2D eigenvalue weighted by Gasteiger charge is -2.22. The first-order chi connectivity index (χ1) is 14.1. The van der Waals surface area contributed by atoms with Crippen molar-refractivity contribution in [2.45, 2.75) is 45.2 Å². The van der Waals surface area contributed by atoms with E-state index in [9.17, 15) is 0 Å². The molecule has 2 aromatic heterocycles. The van der Waals surface area contributed by atoms with Gasteiger partial charge in [-0.25, -0.2) is 0 Å². The molecule has 3 aromatic rings. The van der Waals surface area contributed by atoms with Crippen LogP contribution in [-0.4, -0.2) is 41.0 Å². The van der Waals surface area contributed by atoms with Crippen molar-refractivity contribution in [3.8, 4) is 22.8 Å². The van der Waals surface area contributed by atoms with Gasteiger partial charge in [0.15, 0.2) is 11.5 Å². The zero-order valence-corrected chi connectivity index (χ0v) is 17.4. The summed E-state index contributed by atoms with van der Waals surface area (Å²) in [5.74, 6) is 2.70. The summed E-state index contributed by atoms with van der Waals surface area (Å²) >= 11 is 0. The highest BCUT2D eigenvalue weighted by Gasteiger charge is 2.30. The van der Waals surface area contributed by atoms with Crippen LogP contribution in [0.2, 0.25) is 0 Å². The fourth-order valence-corrected chi connectivity index (χ4v) is 3.97. The van der Waals surface area contributed by atoms with Gasteiger partial charge in [-0.2, -0.15) is 5.10 Å². The molecule has 7 heteroatoms. The second-order valence-electron chi connectivity index (χ2n) is 7.78. The molecular formula is C22H28N4O3. The smallest absolute Gasteiger partial charge is 0.161 e. The molecule has 1 aromatic carbocycles. The summed E-state index contributed by atoms with van der Waals surface area (Å²) in [5, 5.41) is 11.8. The highest BCUT2D eigenvalue weighted by atomic mass is 16.5. The van der Waals surface area contributed by atoms with Gasteiger partial charge in [-0.15, -0.1) is 0 Å². The highest BCUT2D eigenvalue weighted by molar-refractivity contribution is 5.66. The molecule has 1 aliphatic heterocycles. The normalized spacial score (nSPS) is 17.2. The molecule has 1 saturated heterocycles. The van der Waals surface area contributed by atoms with E-state index in [-0.39, 0.29) is 6.04 Å². The summed E-state index contributed by atoms with van der Waals surface area (Å²) in [4.78, 5) is 2.46. The number of nitrogens with one attached hydrogen (secondary N) is 1. The van der Waals surface area contributed by atoms with Crippen LogP contribution < -0.4 is 9.47 Å². The van der Waals surface area contributed by atoms with Crippen LogP contribution in [0.15, 0.2) is 35.0 Å². The Morgan fingerprint density at radius 2 is 2.03 bits per heavy atom. The van der Waals surface area contributed by atoms with Crippen LogP contribution in [0.25, 0.3) is 11.3 Å². The number of ether oxygens (including phenoxy) is 2. The van der Waals surface area contributed by atoms with Gasteiger partial charge in [0, 0.05) is 29.7 Å². The van der Waals surface area contributed by atoms with Crippen LogP contribution in [0.5, 0.6) is 11.5 Å². The highest BCUT2D eigenvalue weighted by Crippen LogP contribution is 2.36. The number of methoxy groups -OCH3 is 2. The van der Waals surface area contributed by atoms with Crippen molar-refractivity contribution in [3.05, 3.63) is 47.5 Å². The number of rotatable bonds is 7. The molecule has 1 N–H and O–H groups in total. The zero-order valence-electron chi connectivity index (χ0n) is 17.4. The summed E-state index contributed by atoms with van der Waals surface area (Å²) in [6.07, 6.45) is 4.15. The van der Waals surface area contributed by atoms with Crippen molar-refractivity contribution < 1.29 is 14.0 Å². The van der Waals surface area contributed by atoms with Gasteiger partial charge in [-0.1, -0.05) is 19.0 Å². The average molecular weight is 396 g/mol. The van der Waals surface area contributed by atoms with Crippen molar-refractivity contribution in [2.75, 3.05) is 20.8 Å². The quantitative estimate of drug-likeness (QED) is 0.632. The van der Waals surface area contributed by atoms with Gasteiger partial charge in [-0.05, 0) is 37.6 Å². The van der Waals surface area contributed by atoms with Crippen molar-refractivity contribution in [1.82, 2.24) is 20.3 Å². The van der Waals surface area contributed by atoms with E-state index in [0.717, 1.165) is 54.2 Å². The Morgan fingerprint density at radius 1 is 1.21 bits per heavy atom. The monoisotopic (exact) mass is 396 g/mol. The topological polar surface area (TPSA) is 76.4 Å². The molecule has 1 atom stereocenters. The van der Waals surface area contributed by atoms with Gasteiger partial charge in [0.25, 0.3) is 0 Å². The van der Waals surface area contributed by atoms with E-state index in [1.54, 1.807) is 14.2 Å². The van der Waals surface area contributed by atoms with E-state index in [1.807, 2.05) is 24.4 Å². The molecule has 1 fully saturated rings. The predicted molar refractivity (Wildman–Crippen MR) is 110 cm³/mol. The Labute approximate surface area is 171 Å². The van der Waals surface area contributed by atoms with Crippen LogP contribution >= 0.6 is 0 Å². The molecule has 29 heavy (non-hydrogen) atoms. The lowest BCUT2D eigenvalue weighted by Crippen LogP contribution is -2.23. The van der Waals surface area contributed by atoms with Crippen molar-refractivity contribution in [1.29, 1.82) is 0 Å². The first-order valence-corrected chi connectivity index (χ1v) is 10.1. The maximum atomic E-state index is 5.54. The number of aromatic nitrogens is 3. The maximum absolute atomic E-state index is 5.54. The Bertz CT molecular complexity index is 963. The fourth-order valence-electron chi connectivity index (χ4n) is 3.97. The minimum atomic E-state index is 0.277. The van der Waals surface area contributed by atoms with Crippen molar-refractivity contribution in [2.24, 2.45) is 0 Å². The van der Waals surface area contributed by atoms with E-state index in [2.05, 4.69) is 40.2 Å². The Morgan fingerprint density at radius 3 is 2.76 bits per heavy atom. The molecule has 0 bridgehead atoms. The molecule has 7 nitrogen and oxygen atoms in total. The molecule has 0 radical (unpaired) electrons. The van der Waals surface area contributed by atoms with Crippen LogP contribution in [0.1, 0.15) is 55.7 Å². The number of benzene rings is 1. The van der Waals surface area contributed by atoms with Gasteiger partial charge in [0.1, 0.15) is 11.5 Å². The molecule has 0 amide bonds. The third kappa shape index (κ3) is 3.87. The second-order valence-corrected chi connectivity index (χ2v) is 7.78. The summed E-state index contributed by atoms with van der Waals surface area (Å²) in [5.41, 5.74) is 4.20. The lowest BCUT2D eigenvalue weighted by molar-refractivity contribution is 0.236. The Balaban J connectivity index is 1.57. The first-order valence-electron chi connectivity index (χ1n) is 10.1. The van der Waals surface area contributed by atoms with Gasteiger partial charge in [-0.3, -0.25) is 10.00 Å². The van der Waals surface area contributed by atoms with Crippen molar-refractivity contribution >= 4 is 0 Å². The molecule has 1 aliphatic rings. The van der Waals surface area contributed by atoms with Crippen molar-refractivity contribution in [3.63, 3.8) is 0 Å². The fraction of sp³-hybridized carbons (Fsp3) is 0.455. The molecule has 0 spiro atoms. The largest absolute Gasteiger partial charge is 0.493 e. The van der Waals surface area contributed by atoms with Crippen LogP contribution in [0, 0.1) is 0 Å². The number of hydrogen-bond donors (Lipinski definition) is 1. The van der Waals surface area contributed by atoms with Gasteiger partial charge >= 0.3 is 0 Å². The molecule has 4 rings (SSSR count). The van der Waals surface area contributed by atoms with E-state index >= 15 is 0 Å². The van der Waals surface area contributed by atoms with E-state index in [1.165, 1.54) is 0 Å². The molecule has 154 valence electrons. The van der Waals surface area contributed by atoms with Gasteiger partial charge in [0.05, 0.1) is 32.2 Å². The van der Waals surface area contributed by atoms with E-state index < -0.39 is 0 Å². The summed E-state index contributed by atoms with van der Waals surface area (Å²) in [6.45, 7) is 6.08. The minimum absolute atomic E-state index is 0.277. The van der Waals surface area contributed by atoms with Gasteiger partial charge in [0.2, 0.25) is 0 Å². The number of likely N-dealkylation sites (tertiary alicyclic amines) is 1. The number of hydrogen-bond acceptors (Lipinski definition) is 6. The third-order valence-corrected chi connectivity index (χ3v) is 5.58. The Kier molecular flexibility index (Phi) is 5.58. The molecule has 0 unspecified atom stereocenters. The number of nitrogens with zero attached hydrogens (tertiary/aromatic N) is 3. The second kappa shape index (κ2) is 8.29. The molecule has 3 heterocycles. The van der Waals surface area contributed by atoms with Crippen LogP contribution in [0.3, 0.4) is 0 Å². The summed E-state index contributed by atoms with van der Waals surface area (Å²) in [6, 6.07) is 8.30. The molecular weight excluding hydrogens is 368 g/mol. The van der Waals surface area contributed by atoms with E-state index in [0.29, 0.717) is 17.4 Å². The summed E-state index contributed by atoms with van der Waals surface area (Å²) < 4.78 is 16.4. The molecule has 0 saturated carbocycles. The first kappa shape index (κ1) is 19.5. The van der Waals surface area contributed by atoms with Gasteiger partial charge < -0.3 is 14.0 Å². The third-order valence-electron chi connectivity index (χ3n) is 5.58. The van der Waals surface area contributed by atoms with E-state index in [4.69, 9.17) is 14.0 Å². The average Bonchev–Trinajstić information content (AvgIpc) is 3.48. The zero-order chi connectivity index (χ0) is 20.4. The minimum Gasteiger partial charge on any atom is -0.493 e. The van der Waals surface area contributed by atoms with Crippen LogP contribution in [0.4, 0.5) is 0 Å². The molecule has 0 aliphatic carbocycles. The lowest BCUT2D eigenvalue weighted by atomic mass is 10.1. The Hall–Kier alpha value is -2.80. The van der Waals surface area contributed by atoms with Crippen LogP contribution in [-0.2, 0) is 6.54 Å². The predicted octanol–water partition coefficient (Wildman–Crippen LogP) is 4.54. The maximum Gasteiger partial charge on any atom is 0.161 e. The standard InChI is InChI=1S/C22H28N4O3/c1-14(2)20-11-17(25-29-20)18-6-5-9-26(18)13-16-12-23-24-22(16)15-7-8-19(27-3)21(10-15)28-4/h7-8,10-12,14,18H,5-6,9,13H2,1-4H3,(H,23,24)/t18-/m1/s1.